The zero-order valence-corrected chi connectivity index (χ0v) is 16.8. The number of rotatable bonds is 6. The molecule has 1 fully saturated rings. The summed E-state index contributed by atoms with van der Waals surface area (Å²) in [6.07, 6.45) is 3.02. The minimum atomic E-state index is -0.999. The van der Waals surface area contributed by atoms with Gasteiger partial charge in [-0.1, -0.05) is 36.8 Å². The van der Waals surface area contributed by atoms with Crippen molar-refractivity contribution in [1.82, 2.24) is 4.90 Å². The third kappa shape index (κ3) is 3.83. The molecule has 2 aromatic rings. The van der Waals surface area contributed by atoms with Crippen LogP contribution in [-0.4, -0.2) is 44.9 Å². The summed E-state index contributed by atoms with van der Waals surface area (Å²) in [6.45, 7) is 0.828. The third-order valence-corrected chi connectivity index (χ3v) is 5.82. The lowest BCUT2D eigenvalue weighted by atomic mass is 9.62. The van der Waals surface area contributed by atoms with Crippen LogP contribution in [0.3, 0.4) is 0 Å². The van der Waals surface area contributed by atoms with Crippen molar-refractivity contribution in [2.24, 2.45) is 5.92 Å². The fourth-order valence-electron chi connectivity index (χ4n) is 4.63. The maximum atomic E-state index is 12.3. The Labute approximate surface area is 162 Å². The molecular formula is C23H31NO3. The first-order chi connectivity index (χ1) is 13.0. The van der Waals surface area contributed by atoms with Gasteiger partial charge in [-0.2, -0.15) is 0 Å². The van der Waals surface area contributed by atoms with E-state index in [0.717, 1.165) is 48.4 Å². The van der Waals surface area contributed by atoms with Gasteiger partial charge < -0.3 is 19.5 Å². The highest BCUT2D eigenvalue weighted by molar-refractivity contribution is 5.43. The molecule has 0 heterocycles. The Balaban J connectivity index is 2.14. The van der Waals surface area contributed by atoms with E-state index in [1.807, 2.05) is 36.4 Å². The third-order valence-electron chi connectivity index (χ3n) is 5.82. The quantitative estimate of drug-likeness (QED) is 0.835. The summed E-state index contributed by atoms with van der Waals surface area (Å²) in [5.74, 6) is 1.68. The topological polar surface area (TPSA) is 41.9 Å². The van der Waals surface area contributed by atoms with Crippen LogP contribution in [0.5, 0.6) is 11.5 Å². The summed E-state index contributed by atoms with van der Waals surface area (Å²) in [5.41, 5.74) is 1.000. The average molecular weight is 370 g/mol. The molecule has 4 heteroatoms. The van der Waals surface area contributed by atoms with Gasteiger partial charge in [-0.15, -0.1) is 0 Å². The van der Waals surface area contributed by atoms with E-state index in [1.54, 1.807) is 14.2 Å². The largest absolute Gasteiger partial charge is 0.497 e. The predicted octanol–water partition coefficient (Wildman–Crippen LogP) is 4.04. The molecule has 3 unspecified atom stereocenters. The minimum absolute atomic E-state index is 0.0115. The maximum Gasteiger partial charge on any atom is 0.124 e. The van der Waals surface area contributed by atoms with E-state index in [0.29, 0.717) is 0 Å². The minimum Gasteiger partial charge on any atom is -0.497 e. The molecule has 2 aromatic carbocycles. The first-order valence-corrected chi connectivity index (χ1v) is 9.65. The summed E-state index contributed by atoms with van der Waals surface area (Å²) in [7, 11) is 7.49. The van der Waals surface area contributed by atoms with Crippen LogP contribution in [0.25, 0.3) is 0 Å². The number of ether oxygens (including phenoxy) is 2. The van der Waals surface area contributed by atoms with Gasteiger partial charge in [0.15, 0.2) is 0 Å². The molecule has 27 heavy (non-hydrogen) atoms. The number of hydrogen-bond acceptors (Lipinski definition) is 4. The summed E-state index contributed by atoms with van der Waals surface area (Å²) < 4.78 is 11.1. The molecule has 0 amide bonds. The fourth-order valence-corrected chi connectivity index (χ4v) is 4.63. The van der Waals surface area contributed by atoms with Crippen molar-refractivity contribution >= 4 is 0 Å². The fraction of sp³-hybridized carbons (Fsp3) is 0.478. The monoisotopic (exact) mass is 369 g/mol. The molecule has 0 saturated heterocycles. The Morgan fingerprint density at radius 1 is 1.04 bits per heavy atom. The van der Waals surface area contributed by atoms with Crippen molar-refractivity contribution in [3.63, 3.8) is 0 Å². The molecule has 1 N–H and O–H groups in total. The normalized spacial score (nSPS) is 25.4. The predicted molar refractivity (Wildman–Crippen MR) is 109 cm³/mol. The molecule has 0 bridgehead atoms. The zero-order valence-electron chi connectivity index (χ0n) is 16.8. The maximum absolute atomic E-state index is 12.3. The van der Waals surface area contributed by atoms with Gasteiger partial charge in [0.1, 0.15) is 17.1 Å². The van der Waals surface area contributed by atoms with Gasteiger partial charge in [-0.3, -0.25) is 0 Å². The van der Waals surface area contributed by atoms with Gasteiger partial charge in [0.2, 0.25) is 0 Å². The van der Waals surface area contributed by atoms with E-state index in [-0.39, 0.29) is 11.8 Å². The van der Waals surface area contributed by atoms with Crippen molar-refractivity contribution in [3.8, 4) is 11.5 Å². The number of para-hydroxylation sites is 1. The summed E-state index contributed by atoms with van der Waals surface area (Å²) in [6, 6.07) is 16.0. The molecule has 3 atom stereocenters. The van der Waals surface area contributed by atoms with Crippen molar-refractivity contribution < 1.29 is 14.6 Å². The molecule has 1 aliphatic rings. The summed E-state index contributed by atoms with van der Waals surface area (Å²) >= 11 is 0. The highest BCUT2D eigenvalue weighted by Crippen LogP contribution is 2.53. The van der Waals surface area contributed by atoms with Crippen molar-refractivity contribution in [2.45, 2.75) is 30.8 Å². The molecule has 0 aliphatic heterocycles. The lowest BCUT2D eigenvalue weighted by Gasteiger charge is -2.48. The molecule has 146 valence electrons. The molecule has 3 rings (SSSR count). The lowest BCUT2D eigenvalue weighted by Crippen LogP contribution is -2.48. The number of hydrogen-bond donors (Lipinski definition) is 1. The van der Waals surface area contributed by atoms with E-state index < -0.39 is 5.60 Å². The van der Waals surface area contributed by atoms with Crippen LogP contribution >= 0.6 is 0 Å². The van der Waals surface area contributed by atoms with Gasteiger partial charge in [0.25, 0.3) is 0 Å². The average Bonchev–Trinajstić information content (AvgIpc) is 2.69. The van der Waals surface area contributed by atoms with Crippen molar-refractivity contribution in [2.75, 3.05) is 34.9 Å². The SMILES string of the molecule is COc1cccc(C2CCCC(CN(C)C)C2(O)c2ccccc2OC)c1. The van der Waals surface area contributed by atoms with Crippen LogP contribution in [0.4, 0.5) is 0 Å². The van der Waals surface area contributed by atoms with Crippen LogP contribution in [0.1, 0.15) is 36.3 Å². The van der Waals surface area contributed by atoms with Crippen LogP contribution in [0.15, 0.2) is 48.5 Å². The van der Waals surface area contributed by atoms with E-state index in [9.17, 15) is 5.11 Å². The summed E-state index contributed by atoms with van der Waals surface area (Å²) in [5, 5.41) is 12.3. The van der Waals surface area contributed by atoms with Crippen molar-refractivity contribution in [3.05, 3.63) is 59.7 Å². The van der Waals surface area contributed by atoms with Gasteiger partial charge in [-0.25, -0.2) is 0 Å². The number of aliphatic hydroxyl groups is 1. The first-order valence-electron chi connectivity index (χ1n) is 9.65. The Morgan fingerprint density at radius 2 is 1.81 bits per heavy atom. The first kappa shape index (κ1) is 19.7. The van der Waals surface area contributed by atoms with Gasteiger partial charge in [0, 0.05) is 23.9 Å². The van der Waals surface area contributed by atoms with E-state index in [4.69, 9.17) is 9.47 Å². The second-order valence-electron chi connectivity index (χ2n) is 7.74. The van der Waals surface area contributed by atoms with E-state index in [1.165, 1.54) is 0 Å². The number of nitrogens with zero attached hydrogens (tertiary/aromatic N) is 1. The van der Waals surface area contributed by atoms with Crippen LogP contribution in [0.2, 0.25) is 0 Å². The van der Waals surface area contributed by atoms with Gasteiger partial charge in [0.05, 0.1) is 14.2 Å². The molecule has 0 spiro atoms. The zero-order chi connectivity index (χ0) is 19.4. The molecular weight excluding hydrogens is 338 g/mol. The van der Waals surface area contributed by atoms with Gasteiger partial charge >= 0.3 is 0 Å². The molecule has 1 saturated carbocycles. The van der Waals surface area contributed by atoms with Gasteiger partial charge in [-0.05, 0) is 50.7 Å². The number of methoxy groups -OCH3 is 2. The van der Waals surface area contributed by atoms with Crippen LogP contribution < -0.4 is 9.47 Å². The highest BCUT2D eigenvalue weighted by Gasteiger charge is 2.49. The molecule has 4 nitrogen and oxygen atoms in total. The number of benzene rings is 2. The Morgan fingerprint density at radius 3 is 2.52 bits per heavy atom. The van der Waals surface area contributed by atoms with E-state index >= 15 is 0 Å². The van der Waals surface area contributed by atoms with E-state index in [2.05, 4.69) is 31.1 Å². The second kappa shape index (κ2) is 8.32. The Kier molecular flexibility index (Phi) is 6.08. The standard InChI is InChI=1S/C23H31NO3/c1-24(2)16-18-10-8-13-20(17-9-7-11-19(15-17)26-3)23(18,25)21-12-5-6-14-22(21)27-4/h5-7,9,11-12,14-15,18,20,25H,8,10,13,16H2,1-4H3. The Bertz CT molecular complexity index is 761. The molecule has 1 aliphatic carbocycles. The van der Waals surface area contributed by atoms with Crippen LogP contribution in [-0.2, 0) is 5.60 Å². The summed E-state index contributed by atoms with van der Waals surface area (Å²) in [4.78, 5) is 2.17. The lowest BCUT2D eigenvalue weighted by molar-refractivity contribution is -0.0816. The molecule has 0 aromatic heterocycles. The second-order valence-corrected chi connectivity index (χ2v) is 7.74. The molecule has 0 radical (unpaired) electrons. The highest BCUT2D eigenvalue weighted by atomic mass is 16.5. The van der Waals surface area contributed by atoms with Crippen LogP contribution in [0, 0.1) is 5.92 Å². The smallest absolute Gasteiger partial charge is 0.124 e. The van der Waals surface area contributed by atoms with Crippen molar-refractivity contribution in [1.29, 1.82) is 0 Å². The Hall–Kier alpha value is -2.04.